The van der Waals surface area contributed by atoms with Crippen molar-refractivity contribution >= 4 is 0 Å². The first-order valence-corrected chi connectivity index (χ1v) is 6.33. The molecule has 0 bridgehead atoms. The molecule has 2 nitrogen and oxygen atoms in total. The molecule has 0 aromatic heterocycles. The highest BCUT2D eigenvalue weighted by atomic mass is 16.3. The second-order valence-electron chi connectivity index (χ2n) is 4.96. The van der Waals surface area contributed by atoms with Crippen LogP contribution in [0.5, 0.6) is 0 Å². The molecular formula is C16H17NO. The first-order valence-electron chi connectivity index (χ1n) is 6.33. The van der Waals surface area contributed by atoms with E-state index in [1.54, 1.807) is 0 Å². The molecule has 2 N–H and O–H groups in total. The normalized spacial score (nSPS) is 17.4. The lowest BCUT2D eigenvalue weighted by Crippen LogP contribution is -2.62. The molecule has 0 amide bonds. The van der Waals surface area contributed by atoms with Crippen LogP contribution in [0.15, 0.2) is 60.7 Å². The maximum absolute atomic E-state index is 10.7. The number of β-amino-alcohol motifs (C(OH)–C–C–N with tert-alkyl or cyclic N) is 1. The summed E-state index contributed by atoms with van der Waals surface area (Å²) in [5.41, 5.74) is 1.68. The minimum atomic E-state index is -0.664. The monoisotopic (exact) mass is 239 g/mol. The molecule has 0 unspecified atom stereocenters. The fourth-order valence-corrected chi connectivity index (χ4v) is 2.69. The average Bonchev–Trinajstić information content (AvgIpc) is 2.40. The summed E-state index contributed by atoms with van der Waals surface area (Å²) in [6.07, 6.45) is 0. The van der Waals surface area contributed by atoms with Crippen LogP contribution in [-0.4, -0.2) is 23.8 Å². The Morgan fingerprint density at radius 3 is 1.61 bits per heavy atom. The van der Waals surface area contributed by atoms with Gasteiger partial charge in [-0.1, -0.05) is 60.7 Å². The smallest absolute Gasteiger partial charge is 0.100 e. The molecule has 0 radical (unpaired) electrons. The van der Waals surface area contributed by atoms with E-state index in [0.717, 1.165) is 0 Å². The Morgan fingerprint density at radius 2 is 1.28 bits per heavy atom. The Labute approximate surface area is 107 Å². The van der Waals surface area contributed by atoms with Gasteiger partial charge in [0.05, 0.1) is 0 Å². The van der Waals surface area contributed by atoms with Crippen LogP contribution in [0.3, 0.4) is 0 Å². The molecule has 1 aliphatic heterocycles. The van der Waals surface area contributed by atoms with Gasteiger partial charge in [0, 0.05) is 19.0 Å². The molecule has 2 aromatic rings. The summed E-state index contributed by atoms with van der Waals surface area (Å²) in [5.74, 6) is 0.0427. The van der Waals surface area contributed by atoms with E-state index in [9.17, 15) is 5.11 Å². The number of rotatable bonds is 3. The lowest BCUT2D eigenvalue weighted by atomic mass is 9.74. The molecule has 1 aliphatic rings. The Balaban J connectivity index is 2.05. The highest BCUT2D eigenvalue weighted by molar-refractivity contribution is 5.37. The lowest BCUT2D eigenvalue weighted by Gasteiger charge is -2.44. The zero-order chi connectivity index (χ0) is 12.4. The Hall–Kier alpha value is -1.64. The summed E-state index contributed by atoms with van der Waals surface area (Å²) in [5, 5.41) is 13.9. The summed E-state index contributed by atoms with van der Waals surface area (Å²) in [6, 6.07) is 20.5. The van der Waals surface area contributed by atoms with Crippen LogP contribution < -0.4 is 5.32 Å². The summed E-state index contributed by atoms with van der Waals surface area (Å²) >= 11 is 0. The molecule has 0 atom stereocenters. The predicted molar refractivity (Wildman–Crippen MR) is 72.5 cm³/mol. The molecule has 0 spiro atoms. The first-order chi connectivity index (χ1) is 8.80. The zero-order valence-electron chi connectivity index (χ0n) is 10.2. The van der Waals surface area contributed by atoms with Crippen LogP contribution >= 0.6 is 0 Å². The molecule has 2 aromatic carbocycles. The van der Waals surface area contributed by atoms with Crippen LogP contribution in [0.2, 0.25) is 0 Å². The van der Waals surface area contributed by atoms with Gasteiger partial charge in [0.25, 0.3) is 0 Å². The average molecular weight is 239 g/mol. The van der Waals surface area contributed by atoms with Gasteiger partial charge in [0.15, 0.2) is 0 Å². The van der Waals surface area contributed by atoms with E-state index in [1.807, 2.05) is 36.4 Å². The van der Waals surface area contributed by atoms with E-state index in [-0.39, 0.29) is 5.92 Å². The molecule has 0 aliphatic carbocycles. The molecule has 3 rings (SSSR count). The fraction of sp³-hybridized carbons (Fsp3) is 0.250. The standard InChI is InChI=1S/C16H17NO/c18-16(11-17-12-16)15(13-7-3-1-4-8-13)14-9-5-2-6-10-14/h1-10,15,17-18H,11-12H2. The van der Waals surface area contributed by atoms with E-state index < -0.39 is 5.60 Å². The second-order valence-corrected chi connectivity index (χ2v) is 4.96. The van der Waals surface area contributed by atoms with Gasteiger partial charge < -0.3 is 10.4 Å². The SMILES string of the molecule is OC1(C(c2ccccc2)c2ccccc2)CNC1. The molecular weight excluding hydrogens is 222 g/mol. The lowest BCUT2D eigenvalue weighted by molar-refractivity contribution is -0.0242. The molecule has 1 fully saturated rings. The Bertz CT molecular complexity index is 466. The predicted octanol–water partition coefficient (Wildman–Crippen LogP) is 2.15. The van der Waals surface area contributed by atoms with Crippen molar-refractivity contribution in [3.8, 4) is 0 Å². The van der Waals surface area contributed by atoms with Crippen LogP contribution in [0, 0.1) is 0 Å². The molecule has 1 saturated heterocycles. The van der Waals surface area contributed by atoms with Gasteiger partial charge in [-0.3, -0.25) is 0 Å². The van der Waals surface area contributed by atoms with Gasteiger partial charge in [-0.25, -0.2) is 0 Å². The van der Waals surface area contributed by atoms with Crippen molar-refractivity contribution in [2.45, 2.75) is 11.5 Å². The number of hydrogen-bond donors (Lipinski definition) is 2. The van der Waals surface area contributed by atoms with Crippen molar-refractivity contribution in [3.63, 3.8) is 0 Å². The summed E-state index contributed by atoms with van der Waals surface area (Å²) in [4.78, 5) is 0. The third-order valence-electron chi connectivity index (χ3n) is 3.67. The van der Waals surface area contributed by atoms with E-state index in [1.165, 1.54) is 11.1 Å². The zero-order valence-corrected chi connectivity index (χ0v) is 10.2. The summed E-state index contributed by atoms with van der Waals surface area (Å²) in [7, 11) is 0. The van der Waals surface area contributed by atoms with Crippen molar-refractivity contribution in [3.05, 3.63) is 71.8 Å². The summed E-state index contributed by atoms with van der Waals surface area (Å²) < 4.78 is 0. The third-order valence-corrected chi connectivity index (χ3v) is 3.67. The van der Waals surface area contributed by atoms with Gasteiger partial charge in [-0.2, -0.15) is 0 Å². The van der Waals surface area contributed by atoms with Crippen molar-refractivity contribution in [2.24, 2.45) is 0 Å². The quantitative estimate of drug-likeness (QED) is 0.860. The van der Waals surface area contributed by atoms with Crippen LogP contribution in [0.25, 0.3) is 0 Å². The van der Waals surface area contributed by atoms with Gasteiger partial charge in [0.2, 0.25) is 0 Å². The van der Waals surface area contributed by atoms with Crippen LogP contribution in [0.4, 0.5) is 0 Å². The van der Waals surface area contributed by atoms with E-state index in [2.05, 4.69) is 29.6 Å². The van der Waals surface area contributed by atoms with Crippen LogP contribution in [-0.2, 0) is 0 Å². The van der Waals surface area contributed by atoms with Crippen molar-refractivity contribution in [1.82, 2.24) is 5.32 Å². The third kappa shape index (κ3) is 1.94. The highest BCUT2D eigenvalue weighted by Crippen LogP contribution is 2.37. The molecule has 1 heterocycles. The minimum Gasteiger partial charge on any atom is -0.386 e. The van der Waals surface area contributed by atoms with E-state index in [0.29, 0.717) is 13.1 Å². The van der Waals surface area contributed by atoms with Crippen LogP contribution in [0.1, 0.15) is 17.0 Å². The number of benzene rings is 2. The van der Waals surface area contributed by atoms with Gasteiger partial charge >= 0.3 is 0 Å². The van der Waals surface area contributed by atoms with E-state index in [4.69, 9.17) is 0 Å². The Kier molecular flexibility index (Phi) is 2.90. The maximum Gasteiger partial charge on any atom is 0.100 e. The first kappa shape index (κ1) is 11.5. The molecule has 2 heteroatoms. The Morgan fingerprint density at radius 1 is 0.833 bits per heavy atom. The van der Waals surface area contributed by atoms with Gasteiger partial charge in [-0.05, 0) is 11.1 Å². The van der Waals surface area contributed by atoms with Gasteiger partial charge in [0.1, 0.15) is 5.60 Å². The van der Waals surface area contributed by atoms with Crippen molar-refractivity contribution in [1.29, 1.82) is 0 Å². The van der Waals surface area contributed by atoms with Gasteiger partial charge in [-0.15, -0.1) is 0 Å². The largest absolute Gasteiger partial charge is 0.386 e. The second kappa shape index (κ2) is 4.56. The van der Waals surface area contributed by atoms with Crippen molar-refractivity contribution in [2.75, 3.05) is 13.1 Å². The topological polar surface area (TPSA) is 32.3 Å². The number of aliphatic hydroxyl groups is 1. The molecule has 0 saturated carbocycles. The maximum atomic E-state index is 10.7. The molecule has 92 valence electrons. The number of hydrogen-bond acceptors (Lipinski definition) is 2. The van der Waals surface area contributed by atoms with E-state index >= 15 is 0 Å². The summed E-state index contributed by atoms with van der Waals surface area (Å²) in [6.45, 7) is 1.31. The molecule has 18 heavy (non-hydrogen) atoms. The minimum absolute atomic E-state index is 0.0427. The highest BCUT2D eigenvalue weighted by Gasteiger charge is 2.43. The van der Waals surface area contributed by atoms with Crippen molar-refractivity contribution < 1.29 is 5.11 Å². The number of nitrogens with one attached hydrogen (secondary N) is 1. The fourth-order valence-electron chi connectivity index (χ4n) is 2.69.